The van der Waals surface area contributed by atoms with Gasteiger partial charge in [0.05, 0.1) is 10.7 Å². The van der Waals surface area contributed by atoms with Gasteiger partial charge in [0.2, 0.25) is 10.0 Å². The number of hydrogen-bond acceptors (Lipinski definition) is 4. The Morgan fingerprint density at radius 2 is 1.85 bits per heavy atom. The molecule has 20 heavy (non-hydrogen) atoms. The van der Waals surface area contributed by atoms with Gasteiger partial charge >= 0.3 is 0 Å². The Morgan fingerprint density at radius 1 is 1.25 bits per heavy atom. The SMILES string of the molecule is CC(C)(C)CCNS(=O)(=O)Cc1ccccc1[N+](=O)[O-]. The maximum atomic E-state index is 11.9. The van der Waals surface area contributed by atoms with Gasteiger partial charge in [-0.1, -0.05) is 39.0 Å². The summed E-state index contributed by atoms with van der Waals surface area (Å²) in [6.07, 6.45) is 0.698. The van der Waals surface area contributed by atoms with E-state index in [9.17, 15) is 18.5 Å². The highest BCUT2D eigenvalue weighted by Crippen LogP contribution is 2.20. The second-order valence-electron chi connectivity index (χ2n) is 5.85. The molecule has 0 amide bonds. The second kappa shape index (κ2) is 6.32. The van der Waals surface area contributed by atoms with Crippen molar-refractivity contribution in [3.63, 3.8) is 0 Å². The quantitative estimate of drug-likeness (QED) is 0.645. The maximum Gasteiger partial charge on any atom is 0.273 e. The standard InChI is InChI=1S/C13H20N2O4S/c1-13(2,3)8-9-14-20(18,19)10-11-6-4-5-7-12(11)15(16)17/h4-7,14H,8-10H2,1-3H3. The highest BCUT2D eigenvalue weighted by Gasteiger charge is 2.20. The van der Waals surface area contributed by atoms with E-state index in [1.807, 2.05) is 20.8 Å². The molecule has 6 nitrogen and oxygen atoms in total. The summed E-state index contributed by atoms with van der Waals surface area (Å²) in [5.74, 6) is -0.381. The number of nitrogens with zero attached hydrogens (tertiary/aromatic N) is 1. The van der Waals surface area contributed by atoms with Gasteiger partial charge in [-0.25, -0.2) is 13.1 Å². The summed E-state index contributed by atoms with van der Waals surface area (Å²) in [5, 5.41) is 10.8. The Morgan fingerprint density at radius 3 is 2.40 bits per heavy atom. The lowest BCUT2D eigenvalue weighted by Gasteiger charge is -2.18. The third-order valence-electron chi connectivity index (χ3n) is 2.73. The lowest BCUT2D eigenvalue weighted by atomic mass is 9.93. The minimum Gasteiger partial charge on any atom is -0.258 e. The molecule has 0 atom stereocenters. The molecule has 0 aliphatic heterocycles. The summed E-state index contributed by atoms with van der Waals surface area (Å²) in [6, 6.07) is 5.87. The number of nitro benzene ring substituents is 1. The van der Waals surface area contributed by atoms with E-state index < -0.39 is 14.9 Å². The van der Waals surface area contributed by atoms with Crippen molar-refractivity contribution in [2.24, 2.45) is 5.41 Å². The molecule has 0 unspecified atom stereocenters. The fourth-order valence-electron chi connectivity index (χ4n) is 1.65. The molecule has 1 rings (SSSR count). The van der Waals surface area contributed by atoms with Crippen molar-refractivity contribution >= 4 is 15.7 Å². The largest absolute Gasteiger partial charge is 0.273 e. The first-order valence-corrected chi connectivity index (χ1v) is 7.96. The van der Waals surface area contributed by atoms with E-state index in [1.54, 1.807) is 6.07 Å². The van der Waals surface area contributed by atoms with E-state index in [2.05, 4.69) is 4.72 Å². The molecule has 1 aromatic rings. The van der Waals surface area contributed by atoms with Gasteiger partial charge in [-0.3, -0.25) is 10.1 Å². The molecule has 0 aliphatic rings. The first-order valence-electron chi connectivity index (χ1n) is 6.30. The lowest BCUT2D eigenvalue weighted by molar-refractivity contribution is -0.385. The zero-order valence-electron chi connectivity index (χ0n) is 11.9. The highest BCUT2D eigenvalue weighted by molar-refractivity contribution is 7.88. The van der Waals surface area contributed by atoms with Crippen LogP contribution in [0.2, 0.25) is 0 Å². The van der Waals surface area contributed by atoms with Crippen molar-refractivity contribution in [3.05, 3.63) is 39.9 Å². The Bertz CT molecular complexity index is 576. The monoisotopic (exact) mass is 300 g/mol. The van der Waals surface area contributed by atoms with Gasteiger partial charge in [0.25, 0.3) is 5.69 Å². The van der Waals surface area contributed by atoms with E-state index in [-0.39, 0.29) is 22.4 Å². The molecule has 7 heteroatoms. The van der Waals surface area contributed by atoms with Crippen molar-refractivity contribution < 1.29 is 13.3 Å². The molecule has 0 radical (unpaired) electrons. The zero-order chi connectivity index (χ0) is 15.4. The normalized spacial score (nSPS) is 12.3. The van der Waals surface area contributed by atoms with Crippen LogP contribution in [-0.4, -0.2) is 19.9 Å². The lowest BCUT2D eigenvalue weighted by Crippen LogP contribution is -2.28. The summed E-state index contributed by atoms with van der Waals surface area (Å²) < 4.78 is 26.3. The average Bonchev–Trinajstić information content (AvgIpc) is 2.26. The Hall–Kier alpha value is -1.47. The fraction of sp³-hybridized carbons (Fsp3) is 0.538. The van der Waals surface area contributed by atoms with Crippen LogP contribution in [0.1, 0.15) is 32.8 Å². The second-order valence-corrected chi connectivity index (χ2v) is 7.66. The van der Waals surface area contributed by atoms with Crippen LogP contribution in [0.15, 0.2) is 24.3 Å². The van der Waals surface area contributed by atoms with Crippen LogP contribution in [-0.2, 0) is 15.8 Å². The minimum absolute atomic E-state index is 0.0290. The fourth-order valence-corrected chi connectivity index (χ4v) is 2.82. The number of rotatable bonds is 6. The number of nitro groups is 1. The van der Waals surface area contributed by atoms with Gasteiger partial charge in [-0.05, 0) is 11.8 Å². The minimum atomic E-state index is -3.57. The summed E-state index contributed by atoms with van der Waals surface area (Å²) >= 11 is 0. The first-order chi connectivity index (χ1) is 9.11. The molecule has 112 valence electrons. The van der Waals surface area contributed by atoms with E-state index >= 15 is 0 Å². The van der Waals surface area contributed by atoms with Gasteiger partial charge in [-0.2, -0.15) is 0 Å². The van der Waals surface area contributed by atoms with Crippen LogP contribution in [0.25, 0.3) is 0 Å². The molecule has 1 aromatic carbocycles. The van der Waals surface area contributed by atoms with Gasteiger partial charge in [0, 0.05) is 18.2 Å². The molecule has 0 fully saturated rings. The zero-order valence-corrected chi connectivity index (χ0v) is 12.7. The Kier molecular flexibility index (Phi) is 5.24. The van der Waals surface area contributed by atoms with Gasteiger partial charge in [0.1, 0.15) is 0 Å². The molecular formula is C13H20N2O4S. The first kappa shape index (κ1) is 16.6. The van der Waals surface area contributed by atoms with Crippen molar-refractivity contribution in [1.29, 1.82) is 0 Å². The molecule has 1 N–H and O–H groups in total. The summed E-state index contributed by atoms with van der Waals surface area (Å²) in [4.78, 5) is 10.3. The third-order valence-corrected chi connectivity index (χ3v) is 4.07. The predicted octanol–water partition coefficient (Wildman–Crippen LogP) is 2.45. The number of sulfonamides is 1. The molecule has 0 aliphatic carbocycles. The third kappa shape index (κ3) is 5.66. The highest BCUT2D eigenvalue weighted by atomic mass is 32.2. The topological polar surface area (TPSA) is 89.3 Å². The Labute approximate surface area is 119 Å². The molecular weight excluding hydrogens is 280 g/mol. The van der Waals surface area contributed by atoms with Gasteiger partial charge in [-0.15, -0.1) is 0 Å². The number of benzene rings is 1. The Balaban J connectivity index is 2.74. The van der Waals surface area contributed by atoms with Crippen LogP contribution >= 0.6 is 0 Å². The van der Waals surface area contributed by atoms with E-state index in [4.69, 9.17) is 0 Å². The molecule has 0 saturated heterocycles. The summed E-state index contributed by atoms with van der Waals surface area (Å²) in [6.45, 7) is 6.38. The van der Waals surface area contributed by atoms with Crippen molar-refractivity contribution in [3.8, 4) is 0 Å². The number of hydrogen-bond donors (Lipinski definition) is 1. The van der Waals surface area contributed by atoms with Crippen LogP contribution in [0.3, 0.4) is 0 Å². The number of para-hydroxylation sites is 1. The van der Waals surface area contributed by atoms with Crippen molar-refractivity contribution in [2.45, 2.75) is 32.9 Å². The summed E-state index contributed by atoms with van der Waals surface area (Å²) in [5.41, 5.74) is 0.0517. The molecule has 0 bridgehead atoms. The van der Waals surface area contributed by atoms with E-state index in [0.29, 0.717) is 13.0 Å². The number of nitrogens with one attached hydrogen (secondary N) is 1. The molecule has 0 heterocycles. The van der Waals surface area contributed by atoms with Crippen LogP contribution in [0, 0.1) is 15.5 Å². The van der Waals surface area contributed by atoms with Crippen molar-refractivity contribution in [1.82, 2.24) is 4.72 Å². The maximum absolute atomic E-state index is 11.9. The van der Waals surface area contributed by atoms with Crippen LogP contribution in [0.5, 0.6) is 0 Å². The molecule has 0 saturated carbocycles. The van der Waals surface area contributed by atoms with E-state index in [0.717, 1.165) is 0 Å². The van der Waals surface area contributed by atoms with Crippen LogP contribution in [0.4, 0.5) is 5.69 Å². The van der Waals surface area contributed by atoms with Gasteiger partial charge in [0.15, 0.2) is 0 Å². The van der Waals surface area contributed by atoms with Crippen molar-refractivity contribution in [2.75, 3.05) is 6.54 Å². The van der Waals surface area contributed by atoms with E-state index in [1.165, 1.54) is 18.2 Å². The molecule has 0 aromatic heterocycles. The summed E-state index contributed by atoms with van der Waals surface area (Å²) in [7, 11) is -3.57. The smallest absolute Gasteiger partial charge is 0.258 e. The average molecular weight is 300 g/mol. The van der Waals surface area contributed by atoms with Crippen LogP contribution < -0.4 is 4.72 Å². The predicted molar refractivity (Wildman–Crippen MR) is 77.8 cm³/mol. The van der Waals surface area contributed by atoms with Gasteiger partial charge < -0.3 is 0 Å². The molecule has 0 spiro atoms.